The van der Waals surface area contributed by atoms with Crippen LogP contribution in [-0.2, 0) is 4.79 Å². The summed E-state index contributed by atoms with van der Waals surface area (Å²) in [5, 5.41) is 6.09. The molecule has 1 atom stereocenters. The molecule has 0 saturated heterocycles. The minimum absolute atomic E-state index is 0.0573. The summed E-state index contributed by atoms with van der Waals surface area (Å²) in [4.78, 5) is 11.0. The molecule has 0 unspecified atom stereocenters. The SMILES string of the molecule is CC.CNCCCC[C@H](NC)C(C)=O. The molecule has 0 aliphatic carbocycles. The molecule has 0 aliphatic heterocycles. The maximum atomic E-state index is 11.0. The third-order valence-corrected chi connectivity index (χ3v) is 2.01. The van der Waals surface area contributed by atoms with Gasteiger partial charge in [-0.2, -0.15) is 0 Å². The van der Waals surface area contributed by atoms with Crippen LogP contribution in [0.15, 0.2) is 0 Å². The van der Waals surface area contributed by atoms with Gasteiger partial charge in [0, 0.05) is 0 Å². The summed E-state index contributed by atoms with van der Waals surface area (Å²) in [6, 6.07) is 0.0573. The zero-order valence-corrected chi connectivity index (χ0v) is 10.3. The first-order valence-corrected chi connectivity index (χ1v) is 5.54. The zero-order valence-electron chi connectivity index (χ0n) is 10.3. The average Bonchev–Trinajstić information content (AvgIpc) is 2.20. The first kappa shape index (κ1) is 16.0. The average molecular weight is 202 g/mol. The first-order valence-electron chi connectivity index (χ1n) is 5.54. The highest BCUT2D eigenvalue weighted by Crippen LogP contribution is 2.00. The van der Waals surface area contributed by atoms with E-state index in [1.807, 2.05) is 27.9 Å². The van der Waals surface area contributed by atoms with E-state index in [4.69, 9.17) is 0 Å². The molecule has 3 nitrogen and oxygen atoms in total. The van der Waals surface area contributed by atoms with Crippen LogP contribution in [0.1, 0.15) is 40.0 Å². The molecule has 0 saturated carbocycles. The van der Waals surface area contributed by atoms with Gasteiger partial charge >= 0.3 is 0 Å². The van der Waals surface area contributed by atoms with Crippen LogP contribution in [0, 0.1) is 0 Å². The number of carbonyl (C=O) groups excluding carboxylic acids is 1. The summed E-state index contributed by atoms with van der Waals surface area (Å²) in [6.07, 6.45) is 3.20. The second-order valence-corrected chi connectivity index (χ2v) is 3.05. The molecular formula is C11H26N2O. The second-order valence-electron chi connectivity index (χ2n) is 3.05. The van der Waals surface area contributed by atoms with Crippen LogP contribution >= 0.6 is 0 Å². The molecule has 0 aromatic heterocycles. The fraction of sp³-hybridized carbons (Fsp3) is 0.909. The van der Waals surface area contributed by atoms with Crippen molar-refractivity contribution in [2.75, 3.05) is 20.6 Å². The highest BCUT2D eigenvalue weighted by Gasteiger charge is 2.09. The van der Waals surface area contributed by atoms with E-state index in [9.17, 15) is 4.79 Å². The Kier molecular flexibility index (Phi) is 14.4. The predicted molar refractivity (Wildman–Crippen MR) is 62.7 cm³/mol. The van der Waals surface area contributed by atoms with Gasteiger partial charge in [-0.15, -0.1) is 0 Å². The lowest BCUT2D eigenvalue weighted by molar-refractivity contribution is -0.119. The number of nitrogens with one attached hydrogen (secondary N) is 2. The van der Waals surface area contributed by atoms with Crippen molar-refractivity contribution in [3.63, 3.8) is 0 Å². The van der Waals surface area contributed by atoms with Gasteiger partial charge in [0.05, 0.1) is 6.04 Å². The summed E-state index contributed by atoms with van der Waals surface area (Å²) in [7, 11) is 3.78. The Hall–Kier alpha value is -0.410. The van der Waals surface area contributed by atoms with Crippen LogP contribution in [0.2, 0.25) is 0 Å². The maximum Gasteiger partial charge on any atom is 0.146 e. The quantitative estimate of drug-likeness (QED) is 0.616. The summed E-state index contributed by atoms with van der Waals surface area (Å²) in [5.74, 6) is 0.238. The summed E-state index contributed by atoms with van der Waals surface area (Å²) in [6.45, 7) is 6.67. The van der Waals surface area contributed by atoms with Crippen LogP contribution in [0.5, 0.6) is 0 Å². The molecule has 0 aromatic rings. The third kappa shape index (κ3) is 9.68. The standard InChI is InChI=1S/C9H20N2O.C2H6/c1-8(12)9(11-3)6-4-5-7-10-2;1-2/h9-11H,4-7H2,1-3H3;1-2H3/t9-;/m0./s1. The van der Waals surface area contributed by atoms with Crippen molar-refractivity contribution in [2.24, 2.45) is 0 Å². The van der Waals surface area contributed by atoms with E-state index in [0.29, 0.717) is 0 Å². The van der Waals surface area contributed by atoms with Crippen molar-refractivity contribution >= 4 is 5.78 Å². The van der Waals surface area contributed by atoms with Crippen molar-refractivity contribution in [1.82, 2.24) is 10.6 Å². The van der Waals surface area contributed by atoms with E-state index in [1.54, 1.807) is 6.92 Å². The lowest BCUT2D eigenvalue weighted by Crippen LogP contribution is -2.32. The van der Waals surface area contributed by atoms with E-state index >= 15 is 0 Å². The van der Waals surface area contributed by atoms with Gasteiger partial charge in [-0.3, -0.25) is 4.79 Å². The molecule has 0 rings (SSSR count). The molecular weight excluding hydrogens is 176 g/mol. The Morgan fingerprint density at radius 3 is 2.14 bits per heavy atom. The minimum Gasteiger partial charge on any atom is -0.320 e. The molecule has 3 heteroatoms. The molecule has 0 radical (unpaired) electrons. The highest BCUT2D eigenvalue weighted by molar-refractivity contribution is 5.81. The fourth-order valence-electron chi connectivity index (χ4n) is 1.20. The number of Topliss-reactive ketones (excluding diaryl/α,β-unsaturated/α-hetero) is 1. The third-order valence-electron chi connectivity index (χ3n) is 2.01. The van der Waals surface area contributed by atoms with Crippen molar-refractivity contribution in [2.45, 2.75) is 46.1 Å². The van der Waals surface area contributed by atoms with Gasteiger partial charge < -0.3 is 10.6 Å². The van der Waals surface area contributed by atoms with Gasteiger partial charge in [0.2, 0.25) is 0 Å². The van der Waals surface area contributed by atoms with Gasteiger partial charge in [-0.25, -0.2) is 0 Å². The Morgan fingerprint density at radius 2 is 1.79 bits per heavy atom. The number of hydrogen-bond acceptors (Lipinski definition) is 3. The monoisotopic (exact) mass is 202 g/mol. The molecule has 2 N–H and O–H groups in total. The topological polar surface area (TPSA) is 41.1 Å². The normalized spacial score (nSPS) is 11.5. The maximum absolute atomic E-state index is 11.0. The molecule has 0 spiro atoms. The molecule has 0 heterocycles. The lowest BCUT2D eigenvalue weighted by atomic mass is 10.1. The Labute approximate surface area is 88.7 Å². The van der Waals surface area contributed by atoms with Crippen LogP contribution in [0.3, 0.4) is 0 Å². The number of ketones is 1. The Balaban J connectivity index is 0. The first-order chi connectivity index (χ1) is 6.72. The van der Waals surface area contributed by atoms with E-state index < -0.39 is 0 Å². The van der Waals surface area contributed by atoms with Crippen LogP contribution in [-0.4, -0.2) is 32.5 Å². The molecule has 0 bridgehead atoms. The fourth-order valence-corrected chi connectivity index (χ4v) is 1.20. The Bertz CT molecular complexity index is 126. The van der Waals surface area contributed by atoms with Gasteiger partial charge in [0.15, 0.2) is 0 Å². The molecule has 0 aliphatic rings. The second kappa shape index (κ2) is 12.6. The van der Waals surface area contributed by atoms with Crippen LogP contribution in [0.4, 0.5) is 0 Å². The summed E-state index contributed by atoms with van der Waals surface area (Å²) in [5.41, 5.74) is 0. The minimum atomic E-state index is 0.0573. The lowest BCUT2D eigenvalue weighted by Gasteiger charge is -2.11. The summed E-state index contributed by atoms with van der Waals surface area (Å²) < 4.78 is 0. The number of likely N-dealkylation sites (N-methyl/N-ethyl adjacent to an activating group) is 1. The van der Waals surface area contributed by atoms with E-state index in [0.717, 1.165) is 25.8 Å². The smallest absolute Gasteiger partial charge is 0.146 e. The largest absolute Gasteiger partial charge is 0.320 e. The summed E-state index contributed by atoms with van der Waals surface area (Å²) >= 11 is 0. The van der Waals surface area contributed by atoms with Gasteiger partial charge in [-0.1, -0.05) is 20.3 Å². The van der Waals surface area contributed by atoms with Crippen molar-refractivity contribution < 1.29 is 4.79 Å². The van der Waals surface area contributed by atoms with Gasteiger partial charge in [-0.05, 0) is 40.4 Å². The Morgan fingerprint density at radius 1 is 1.21 bits per heavy atom. The zero-order chi connectivity index (χ0) is 11.4. The molecule has 0 fully saturated rings. The van der Waals surface area contributed by atoms with Crippen molar-refractivity contribution in [1.29, 1.82) is 0 Å². The van der Waals surface area contributed by atoms with Gasteiger partial charge in [0.1, 0.15) is 5.78 Å². The molecule has 14 heavy (non-hydrogen) atoms. The molecule has 0 amide bonds. The number of rotatable bonds is 7. The van der Waals surface area contributed by atoms with Crippen molar-refractivity contribution in [3.8, 4) is 0 Å². The van der Waals surface area contributed by atoms with E-state index in [1.165, 1.54) is 0 Å². The van der Waals surface area contributed by atoms with Crippen LogP contribution < -0.4 is 10.6 Å². The van der Waals surface area contributed by atoms with Gasteiger partial charge in [0.25, 0.3) is 0 Å². The van der Waals surface area contributed by atoms with E-state index in [2.05, 4.69) is 10.6 Å². The highest BCUT2D eigenvalue weighted by atomic mass is 16.1. The predicted octanol–water partition coefficient (Wildman–Crippen LogP) is 1.58. The number of carbonyl (C=O) groups is 1. The van der Waals surface area contributed by atoms with E-state index in [-0.39, 0.29) is 11.8 Å². The number of hydrogen-bond donors (Lipinski definition) is 2. The van der Waals surface area contributed by atoms with Crippen LogP contribution in [0.25, 0.3) is 0 Å². The van der Waals surface area contributed by atoms with Crippen molar-refractivity contribution in [3.05, 3.63) is 0 Å². The molecule has 86 valence electrons. The number of unbranched alkanes of at least 4 members (excludes halogenated alkanes) is 1. The molecule has 0 aromatic carbocycles.